The van der Waals surface area contributed by atoms with Crippen LogP contribution in [-0.4, -0.2) is 46.5 Å². The lowest BCUT2D eigenvalue weighted by Crippen LogP contribution is -2.49. The number of urea groups is 1. The summed E-state index contributed by atoms with van der Waals surface area (Å²) in [5.41, 5.74) is 4.98. The number of nitrogens with two attached hydrogens (primary N) is 1. The first-order valence-corrected chi connectivity index (χ1v) is 6.54. The molecule has 7 heteroatoms. The zero-order chi connectivity index (χ0) is 14.4. The molecule has 7 nitrogen and oxygen atoms in total. The van der Waals surface area contributed by atoms with E-state index in [2.05, 4.69) is 5.32 Å². The van der Waals surface area contributed by atoms with Crippen LogP contribution in [0.3, 0.4) is 0 Å². The lowest BCUT2D eigenvalue weighted by molar-refractivity contribution is -0.139. The summed E-state index contributed by atoms with van der Waals surface area (Å²) < 4.78 is 0. The maximum absolute atomic E-state index is 12.0. The van der Waals surface area contributed by atoms with Gasteiger partial charge in [-0.1, -0.05) is 6.92 Å². The summed E-state index contributed by atoms with van der Waals surface area (Å²) in [6, 6.07) is -1.27. The molecule has 0 aliphatic carbocycles. The van der Waals surface area contributed by atoms with E-state index in [4.69, 9.17) is 10.8 Å². The van der Waals surface area contributed by atoms with Crippen molar-refractivity contribution < 1.29 is 19.5 Å². The molecule has 1 rings (SSSR count). The van der Waals surface area contributed by atoms with Gasteiger partial charge in [0.1, 0.15) is 6.04 Å². The van der Waals surface area contributed by atoms with Gasteiger partial charge in [-0.2, -0.15) is 0 Å². The third kappa shape index (κ3) is 4.42. The fraction of sp³-hybridized carbons (Fsp3) is 0.750. The van der Waals surface area contributed by atoms with E-state index in [1.165, 1.54) is 0 Å². The van der Waals surface area contributed by atoms with Crippen molar-refractivity contribution in [2.75, 3.05) is 6.54 Å². The normalized spacial score (nSPS) is 20.1. The number of nitrogens with zero attached hydrogens (tertiary/aromatic N) is 1. The van der Waals surface area contributed by atoms with Crippen molar-refractivity contribution in [3.05, 3.63) is 0 Å². The standard InChI is InChI=1S/C12H21N3O4/c1-2-8-4-3-7-15(8)12(19)14-9(11(17)18)5-6-10(13)16/h8-9H,2-7H2,1H3,(H2,13,16)(H,14,19)(H,17,18)/t8?,9-/m0/s1. The first-order valence-electron chi connectivity index (χ1n) is 6.54. The molecule has 0 radical (unpaired) electrons. The van der Waals surface area contributed by atoms with E-state index in [0.29, 0.717) is 6.54 Å². The highest BCUT2D eigenvalue weighted by Gasteiger charge is 2.30. The summed E-state index contributed by atoms with van der Waals surface area (Å²) in [6.07, 6.45) is 2.69. The first-order chi connectivity index (χ1) is 8.95. The van der Waals surface area contributed by atoms with Gasteiger partial charge in [-0.05, 0) is 25.7 Å². The van der Waals surface area contributed by atoms with Crippen LogP contribution >= 0.6 is 0 Å². The molecule has 1 unspecified atom stereocenters. The highest BCUT2D eigenvalue weighted by Crippen LogP contribution is 2.19. The van der Waals surface area contributed by atoms with Gasteiger partial charge in [0.25, 0.3) is 0 Å². The molecule has 0 aromatic carbocycles. The molecule has 1 fully saturated rings. The number of hydrogen-bond acceptors (Lipinski definition) is 3. The Balaban J connectivity index is 2.55. The fourth-order valence-electron chi connectivity index (χ4n) is 2.30. The second-order valence-corrected chi connectivity index (χ2v) is 4.74. The third-order valence-corrected chi connectivity index (χ3v) is 3.38. The lowest BCUT2D eigenvalue weighted by atomic mass is 10.1. The molecule has 4 N–H and O–H groups in total. The third-order valence-electron chi connectivity index (χ3n) is 3.38. The molecule has 3 amide bonds. The van der Waals surface area contributed by atoms with Gasteiger partial charge >= 0.3 is 12.0 Å². The minimum Gasteiger partial charge on any atom is -0.480 e. The molecule has 0 aromatic rings. The maximum atomic E-state index is 12.0. The van der Waals surface area contributed by atoms with E-state index in [1.807, 2.05) is 6.92 Å². The van der Waals surface area contributed by atoms with Crippen molar-refractivity contribution >= 4 is 17.9 Å². The zero-order valence-corrected chi connectivity index (χ0v) is 11.1. The van der Waals surface area contributed by atoms with Gasteiger partial charge in [0.15, 0.2) is 0 Å². The Morgan fingerprint density at radius 3 is 2.68 bits per heavy atom. The van der Waals surface area contributed by atoms with Gasteiger partial charge in [-0.3, -0.25) is 4.79 Å². The minimum absolute atomic E-state index is 0.0149. The predicted molar refractivity (Wildman–Crippen MR) is 68.4 cm³/mol. The van der Waals surface area contributed by atoms with Crippen LogP contribution in [0.2, 0.25) is 0 Å². The molecule has 0 bridgehead atoms. The molecule has 0 saturated carbocycles. The van der Waals surface area contributed by atoms with E-state index < -0.39 is 17.9 Å². The largest absolute Gasteiger partial charge is 0.480 e. The minimum atomic E-state index is -1.15. The highest BCUT2D eigenvalue weighted by molar-refractivity contribution is 5.83. The van der Waals surface area contributed by atoms with Crippen molar-refractivity contribution in [3.63, 3.8) is 0 Å². The molecule has 0 aromatic heterocycles. The monoisotopic (exact) mass is 271 g/mol. The van der Waals surface area contributed by atoms with Crippen molar-refractivity contribution in [2.24, 2.45) is 5.73 Å². The van der Waals surface area contributed by atoms with Crippen molar-refractivity contribution in [1.29, 1.82) is 0 Å². The number of hydrogen-bond donors (Lipinski definition) is 3. The Kier molecular flexibility index (Phi) is 5.59. The Bertz CT molecular complexity index is 359. The summed E-state index contributed by atoms with van der Waals surface area (Å²) in [5.74, 6) is -1.73. The maximum Gasteiger partial charge on any atom is 0.326 e. The Morgan fingerprint density at radius 1 is 1.47 bits per heavy atom. The molecule has 1 heterocycles. The van der Waals surface area contributed by atoms with Gasteiger partial charge < -0.3 is 21.1 Å². The van der Waals surface area contributed by atoms with E-state index >= 15 is 0 Å². The zero-order valence-electron chi connectivity index (χ0n) is 11.1. The molecule has 1 aliphatic heterocycles. The Labute approximate surface area is 112 Å². The van der Waals surface area contributed by atoms with Crippen LogP contribution in [0.25, 0.3) is 0 Å². The summed E-state index contributed by atoms with van der Waals surface area (Å²) in [4.78, 5) is 35.4. The molecule has 1 saturated heterocycles. The number of carboxylic acids is 1. The van der Waals surface area contributed by atoms with Crippen LogP contribution in [0, 0.1) is 0 Å². The van der Waals surface area contributed by atoms with Crippen LogP contribution in [0.15, 0.2) is 0 Å². The van der Waals surface area contributed by atoms with Gasteiger partial charge in [0.2, 0.25) is 5.91 Å². The fourth-order valence-corrected chi connectivity index (χ4v) is 2.30. The van der Waals surface area contributed by atoms with Gasteiger partial charge in [-0.15, -0.1) is 0 Å². The van der Waals surface area contributed by atoms with Crippen LogP contribution in [0.1, 0.15) is 39.0 Å². The second-order valence-electron chi connectivity index (χ2n) is 4.74. The smallest absolute Gasteiger partial charge is 0.326 e. The summed E-state index contributed by atoms with van der Waals surface area (Å²) in [6.45, 7) is 2.64. The number of likely N-dealkylation sites (tertiary alicyclic amines) is 1. The Morgan fingerprint density at radius 2 is 2.16 bits per heavy atom. The number of carboxylic acid groups (broad SMARTS) is 1. The number of amides is 3. The van der Waals surface area contributed by atoms with Crippen LogP contribution < -0.4 is 11.1 Å². The topological polar surface area (TPSA) is 113 Å². The predicted octanol–water partition coefficient (Wildman–Crippen LogP) is 0.289. The second kappa shape index (κ2) is 6.96. The number of primary amides is 1. The van der Waals surface area contributed by atoms with Crippen molar-refractivity contribution in [1.82, 2.24) is 10.2 Å². The molecule has 19 heavy (non-hydrogen) atoms. The number of carbonyl (C=O) groups is 3. The number of nitrogens with one attached hydrogen (secondary N) is 1. The molecule has 108 valence electrons. The molecular weight excluding hydrogens is 250 g/mol. The average Bonchev–Trinajstić information content (AvgIpc) is 2.81. The van der Waals surface area contributed by atoms with Gasteiger partial charge in [-0.25, -0.2) is 9.59 Å². The van der Waals surface area contributed by atoms with E-state index in [9.17, 15) is 14.4 Å². The number of aliphatic carboxylic acids is 1. The summed E-state index contributed by atoms with van der Waals surface area (Å²) in [7, 11) is 0. The van der Waals surface area contributed by atoms with Gasteiger partial charge in [0, 0.05) is 19.0 Å². The van der Waals surface area contributed by atoms with E-state index in [0.717, 1.165) is 19.3 Å². The first kappa shape index (κ1) is 15.3. The quantitative estimate of drug-likeness (QED) is 0.644. The average molecular weight is 271 g/mol. The van der Waals surface area contributed by atoms with E-state index in [-0.39, 0.29) is 24.9 Å². The van der Waals surface area contributed by atoms with Crippen molar-refractivity contribution in [3.8, 4) is 0 Å². The SMILES string of the molecule is CCC1CCCN1C(=O)N[C@@H](CCC(N)=O)C(=O)O. The molecule has 2 atom stereocenters. The molecular formula is C12H21N3O4. The van der Waals surface area contributed by atoms with Crippen LogP contribution in [0.5, 0.6) is 0 Å². The summed E-state index contributed by atoms with van der Waals surface area (Å²) in [5, 5.41) is 11.5. The number of rotatable bonds is 6. The molecule has 0 spiro atoms. The number of carbonyl (C=O) groups excluding carboxylic acids is 2. The lowest BCUT2D eigenvalue weighted by Gasteiger charge is -2.25. The highest BCUT2D eigenvalue weighted by atomic mass is 16.4. The Hall–Kier alpha value is -1.79. The van der Waals surface area contributed by atoms with Crippen LogP contribution in [0.4, 0.5) is 4.79 Å². The summed E-state index contributed by atoms with van der Waals surface area (Å²) >= 11 is 0. The molecule has 1 aliphatic rings. The van der Waals surface area contributed by atoms with E-state index in [1.54, 1.807) is 4.90 Å². The van der Waals surface area contributed by atoms with Crippen molar-refractivity contribution in [2.45, 2.75) is 51.1 Å². The van der Waals surface area contributed by atoms with Crippen LogP contribution in [-0.2, 0) is 9.59 Å². The van der Waals surface area contributed by atoms with Gasteiger partial charge in [0.05, 0.1) is 0 Å².